The molecule has 6 heavy (non-hydrogen) atoms. The highest BCUT2D eigenvalue weighted by molar-refractivity contribution is 5.76. The lowest BCUT2D eigenvalue weighted by Gasteiger charge is -0.413. The highest BCUT2D eigenvalue weighted by Gasteiger charge is 0.00202. The van der Waals surface area contributed by atoms with Crippen molar-refractivity contribution in [1.82, 2.24) is 0 Å². The van der Waals surface area contributed by atoms with Crippen LogP contribution < -0.4 is 0 Å². The first-order valence-corrected chi connectivity index (χ1v) is 0. The molecule has 8 radical (unpaired) electrons. The van der Waals surface area contributed by atoms with Crippen LogP contribution in [0, 0.1) is 0 Å². The molecule has 0 bridgehead atoms. The standard InChI is InChI=1S/2Al.Mg.3H2O/h;;;3*1H2. The lowest BCUT2D eigenvalue weighted by Crippen LogP contribution is -0.382. The molecule has 0 saturated heterocycles. The number of hydrogen-bond acceptors (Lipinski definition) is 0. The summed E-state index contributed by atoms with van der Waals surface area (Å²) in [6, 6.07) is 0. The second kappa shape index (κ2) is 74.8. The molecule has 6 N–H and O–H groups in total. The third kappa shape index (κ3) is 43.3. The summed E-state index contributed by atoms with van der Waals surface area (Å²) in [5.74, 6) is 0. The maximum Gasteiger partial charge on any atom is 0 e. The van der Waals surface area contributed by atoms with Crippen molar-refractivity contribution >= 4 is 57.8 Å². The SMILES string of the molecule is O.O.O.[Al].[Al].[Mg]. The van der Waals surface area contributed by atoms with Crippen LogP contribution in [0.15, 0.2) is 0 Å². The van der Waals surface area contributed by atoms with E-state index >= 15 is 0 Å². The second-order valence-corrected chi connectivity index (χ2v) is 0. The fourth-order valence-corrected chi connectivity index (χ4v) is 0. The molecular weight excluding hydrogens is 126 g/mol. The van der Waals surface area contributed by atoms with Crippen molar-refractivity contribution in [2.24, 2.45) is 0 Å². The molecular formula is H6Al2MgO3. The second-order valence-electron chi connectivity index (χ2n) is 0. The Balaban J connectivity index is 0. The van der Waals surface area contributed by atoms with Crippen molar-refractivity contribution in [3.8, 4) is 0 Å². The summed E-state index contributed by atoms with van der Waals surface area (Å²) in [6.45, 7) is 0. The van der Waals surface area contributed by atoms with Crippen molar-refractivity contribution in [1.29, 1.82) is 0 Å². The molecule has 3 nitrogen and oxygen atoms in total. The summed E-state index contributed by atoms with van der Waals surface area (Å²) in [5, 5.41) is 0. The molecule has 6 heteroatoms. The molecule has 0 saturated carbocycles. The van der Waals surface area contributed by atoms with Crippen LogP contribution in [0.5, 0.6) is 0 Å². The molecule has 0 atom stereocenters. The van der Waals surface area contributed by atoms with Gasteiger partial charge in [-0.3, -0.25) is 0 Å². The van der Waals surface area contributed by atoms with Crippen LogP contribution in [0.2, 0.25) is 0 Å². The maximum absolute atomic E-state index is 0. The monoisotopic (exact) mass is 132 g/mol. The summed E-state index contributed by atoms with van der Waals surface area (Å²) in [4.78, 5) is 0. The Kier molecular flexibility index (Phi) is 1480. The van der Waals surface area contributed by atoms with E-state index < -0.39 is 0 Å². The van der Waals surface area contributed by atoms with E-state index in [0.717, 1.165) is 0 Å². The summed E-state index contributed by atoms with van der Waals surface area (Å²) >= 11 is 0. The smallest absolute Gasteiger partial charge is 0 e. The quantitative estimate of drug-likeness (QED) is 0.304. The zero-order valence-electron chi connectivity index (χ0n) is 3.36. The molecule has 0 amide bonds. The third-order valence-corrected chi connectivity index (χ3v) is 0. The Labute approximate surface area is 73.8 Å². The van der Waals surface area contributed by atoms with Crippen LogP contribution in [0.1, 0.15) is 0 Å². The third-order valence-electron chi connectivity index (χ3n) is 0. The molecule has 0 aromatic carbocycles. The van der Waals surface area contributed by atoms with Gasteiger partial charge in [0.1, 0.15) is 0 Å². The highest BCUT2D eigenvalue weighted by Crippen LogP contribution is -0.287. The molecule has 32 valence electrons. The minimum absolute atomic E-state index is 0. The topological polar surface area (TPSA) is 94.5 Å². The molecule has 0 aliphatic carbocycles. The van der Waals surface area contributed by atoms with Gasteiger partial charge in [0.05, 0.1) is 0 Å². The van der Waals surface area contributed by atoms with Gasteiger partial charge in [-0.2, -0.15) is 0 Å². The summed E-state index contributed by atoms with van der Waals surface area (Å²) in [5.41, 5.74) is 0. The van der Waals surface area contributed by atoms with E-state index in [4.69, 9.17) is 0 Å². The molecule has 0 spiro atoms. The molecule has 0 aromatic heterocycles. The first-order valence-electron chi connectivity index (χ1n) is 0. The lowest BCUT2D eigenvalue weighted by molar-refractivity contribution is 0.823. The first-order chi connectivity index (χ1) is 0. The number of rotatable bonds is 0. The zero-order valence-corrected chi connectivity index (χ0v) is 7.09. The minimum Gasteiger partial charge on any atom is -0.412 e. The predicted molar refractivity (Wildman–Crippen MR) is 28.1 cm³/mol. The molecule has 0 aromatic rings. The van der Waals surface area contributed by atoms with E-state index in [1.54, 1.807) is 0 Å². The van der Waals surface area contributed by atoms with Crippen molar-refractivity contribution in [2.45, 2.75) is 0 Å². The summed E-state index contributed by atoms with van der Waals surface area (Å²) in [7, 11) is 0. The Hall–Kier alpha value is 1.71. The Morgan fingerprint density at radius 3 is 0.500 bits per heavy atom. The van der Waals surface area contributed by atoms with Crippen molar-refractivity contribution in [3.63, 3.8) is 0 Å². The van der Waals surface area contributed by atoms with Gasteiger partial charge in [-0.15, -0.1) is 0 Å². The molecule has 0 unspecified atom stereocenters. The predicted octanol–water partition coefficient (Wildman–Crippen LogP) is -3.62. The van der Waals surface area contributed by atoms with Crippen LogP contribution in [0.3, 0.4) is 0 Å². The molecule has 0 aliphatic heterocycles. The average molecular weight is 132 g/mol. The maximum atomic E-state index is 0. The normalized spacial score (nSPS) is 0. The molecule has 0 heterocycles. The van der Waals surface area contributed by atoms with Gasteiger partial charge in [0.2, 0.25) is 0 Å². The molecule has 0 fully saturated rings. The van der Waals surface area contributed by atoms with Crippen LogP contribution in [-0.2, 0) is 0 Å². The fraction of sp³-hybridized carbons (Fsp3) is 0. The van der Waals surface area contributed by atoms with Gasteiger partial charge in [0.15, 0.2) is 0 Å². The van der Waals surface area contributed by atoms with Gasteiger partial charge < -0.3 is 16.4 Å². The zero-order chi connectivity index (χ0) is 0. The molecule has 0 aliphatic rings. The van der Waals surface area contributed by atoms with Crippen LogP contribution in [0.4, 0.5) is 0 Å². The van der Waals surface area contributed by atoms with Gasteiger partial charge >= 0.3 is 0 Å². The lowest BCUT2D eigenvalue weighted by atomic mass is 16.0. The Bertz CT molecular complexity index is 8.75. The summed E-state index contributed by atoms with van der Waals surface area (Å²) < 4.78 is 0. The fourth-order valence-electron chi connectivity index (χ4n) is 0. The van der Waals surface area contributed by atoms with Crippen LogP contribution >= 0.6 is 0 Å². The average Bonchev–Trinajstić information content (AvgIpc) is 0. The van der Waals surface area contributed by atoms with E-state index in [9.17, 15) is 0 Å². The van der Waals surface area contributed by atoms with Gasteiger partial charge in [-0.25, -0.2) is 0 Å². The van der Waals surface area contributed by atoms with E-state index in [2.05, 4.69) is 0 Å². The van der Waals surface area contributed by atoms with E-state index in [1.807, 2.05) is 0 Å². The van der Waals surface area contributed by atoms with E-state index in [0.29, 0.717) is 0 Å². The van der Waals surface area contributed by atoms with Crippen molar-refractivity contribution in [2.75, 3.05) is 0 Å². The minimum atomic E-state index is 0. The van der Waals surface area contributed by atoms with Crippen LogP contribution in [0.25, 0.3) is 0 Å². The van der Waals surface area contributed by atoms with Gasteiger partial charge in [-0.1, -0.05) is 0 Å². The Morgan fingerprint density at radius 1 is 0.500 bits per heavy atom. The van der Waals surface area contributed by atoms with Gasteiger partial charge in [0, 0.05) is 57.8 Å². The number of hydrogen-bond donors (Lipinski definition) is 0. The molecule has 0 rings (SSSR count). The van der Waals surface area contributed by atoms with Crippen LogP contribution in [-0.4, -0.2) is 74.2 Å². The first kappa shape index (κ1) is 119. The summed E-state index contributed by atoms with van der Waals surface area (Å²) in [6.07, 6.45) is 0. The van der Waals surface area contributed by atoms with E-state index in [-0.39, 0.29) is 74.2 Å². The van der Waals surface area contributed by atoms with Gasteiger partial charge in [-0.05, 0) is 0 Å². The van der Waals surface area contributed by atoms with Crippen molar-refractivity contribution in [3.05, 3.63) is 0 Å². The largest absolute Gasteiger partial charge is 0.412 e. The van der Waals surface area contributed by atoms with E-state index in [1.165, 1.54) is 0 Å². The van der Waals surface area contributed by atoms with Crippen molar-refractivity contribution < 1.29 is 16.4 Å². The Morgan fingerprint density at radius 2 is 0.500 bits per heavy atom. The van der Waals surface area contributed by atoms with Gasteiger partial charge in [0.25, 0.3) is 0 Å². The highest BCUT2D eigenvalue weighted by atomic mass is 27.0.